The van der Waals surface area contributed by atoms with Crippen LogP contribution in [0.4, 0.5) is 0 Å². The van der Waals surface area contributed by atoms with Crippen molar-refractivity contribution in [2.45, 2.75) is 76.1 Å². The highest BCUT2D eigenvalue weighted by Crippen LogP contribution is 2.43. The molecule has 0 heterocycles. The second-order valence-corrected chi connectivity index (χ2v) is 9.35. The van der Waals surface area contributed by atoms with Gasteiger partial charge < -0.3 is 0 Å². The maximum Gasteiger partial charge on any atom is 0.0112 e. The van der Waals surface area contributed by atoms with Gasteiger partial charge in [0.15, 0.2) is 0 Å². The smallest absolute Gasteiger partial charge is 0.0112 e. The van der Waals surface area contributed by atoms with Crippen molar-refractivity contribution in [1.29, 1.82) is 0 Å². The van der Waals surface area contributed by atoms with Gasteiger partial charge in [-0.3, -0.25) is 0 Å². The van der Waals surface area contributed by atoms with Crippen molar-refractivity contribution >= 4 is 22.6 Å². The van der Waals surface area contributed by atoms with Gasteiger partial charge in [0, 0.05) is 3.92 Å². The van der Waals surface area contributed by atoms with Gasteiger partial charge in [-0.05, 0) is 48.9 Å². The first kappa shape index (κ1) is 15.1. The molecule has 18 heavy (non-hydrogen) atoms. The highest BCUT2D eigenvalue weighted by atomic mass is 127. The van der Waals surface area contributed by atoms with E-state index in [2.05, 4.69) is 43.4 Å². The Morgan fingerprint density at radius 2 is 1.56 bits per heavy atom. The van der Waals surface area contributed by atoms with Gasteiger partial charge in [-0.2, -0.15) is 0 Å². The van der Waals surface area contributed by atoms with Crippen molar-refractivity contribution in [2.75, 3.05) is 0 Å². The lowest BCUT2D eigenvalue weighted by Gasteiger charge is -2.39. The van der Waals surface area contributed by atoms with Crippen LogP contribution in [0.1, 0.15) is 72.1 Å². The lowest BCUT2D eigenvalue weighted by molar-refractivity contribution is 0.140. The van der Waals surface area contributed by atoms with E-state index in [1.165, 1.54) is 44.9 Å². The zero-order valence-electron chi connectivity index (χ0n) is 12.5. The molecule has 0 aromatic rings. The summed E-state index contributed by atoms with van der Waals surface area (Å²) in [5.41, 5.74) is 0. The largest absolute Gasteiger partial charge is 0.0826 e. The van der Waals surface area contributed by atoms with Gasteiger partial charge in [0.05, 0.1) is 0 Å². The van der Waals surface area contributed by atoms with E-state index in [0.717, 1.165) is 33.5 Å². The monoisotopic (exact) mass is 362 g/mol. The minimum absolute atomic E-state index is 0.877. The molecule has 0 N–H and O–H groups in total. The maximum absolute atomic E-state index is 2.68. The molecule has 2 fully saturated rings. The third kappa shape index (κ3) is 4.11. The quantitative estimate of drug-likeness (QED) is 0.422. The van der Waals surface area contributed by atoms with E-state index < -0.39 is 0 Å². The summed E-state index contributed by atoms with van der Waals surface area (Å²) >= 11 is 2.68. The predicted molar refractivity (Wildman–Crippen MR) is 89.2 cm³/mol. The van der Waals surface area contributed by atoms with Gasteiger partial charge in [-0.15, -0.1) is 0 Å². The normalized spacial score (nSPS) is 43.7. The molecule has 1 heteroatoms. The Hall–Kier alpha value is 0.730. The molecule has 2 rings (SSSR count). The number of alkyl halides is 1. The molecule has 4 atom stereocenters. The highest BCUT2D eigenvalue weighted by Gasteiger charge is 2.33. The summed E-state index contributed by atoms with van der Waals surface area (Å²) in [5, 5.41) is 0. The molecule has 106 valence electrons. The summed E-state index contributed by atoms with van der Waals surface area (Å²) < 4.78 is 0.877. The Bertz CT molecular complexity index is 240. The predicted octanol–water partition coefficient (Wildman–Crippen LogP) is 6.08. The molecule has 2 aliphatic rings. The van der Waals surface area contributed by atoms with E-state index >= 15 is 0 Å². The summed E-state index contributed by atoms with van der Waals surface area (Å²) in [6.07, 6.45) is 12.1. The fraction of sp³-hybridized carbons (Fsp3) is 1.00. The number of hydrogen-bond donors (Lipinski definition) is 0. The fourth-order valence-electron chi connectivity index (χ4n) is 4.39. The van der Waals surface area contributed by atoms with Crippen molar-refractivity contribution < 1.29 is 0 Å². The topological polar surface area (TPSA) is 0 Å². The number of hydrogen-bond acceptors (Lipinski definition) is 0. The standard InChI is InChI=1S/C17H31I/c1-12-4-7-15(8-5-12)11-16-10-13(2)6-9-17(16)14(3)18/h12-17H,4-11H2,1-3H3. The van der Waals surface area contributed by atoms with Gasteiger partial charge in [-0.1, -0.05) is 75.5 Å². The van der Waals surface area contributed by atoms with Crippen LogP contribution >= 0.6 is 22.6 Å². The van der Waals surface area contributed by atoms with E-state index in [9.17, 15) is 0 Å². The molecule has 0 aromatic heterocycles. The van der Waals surface area contributed by atoms with Gasteiger partial charge in [0.25, 0.3) is 0 Å². The van der Waals surface area contributed by atoms with Crippen LogP contribution in [0.2, 0.25) is 0 Å². The summed E-state index contributed by atoms with van der Waals surface area (Å²) in [4.78, 5) is 0. The third-order valence-corrected chi connectivity index (χ3v) is 6.59. The molecule has 2 aliphatic carbocycles. The molecule has 0 bridgehead atoms. The van der Waals surface area contributed by atoms with Crippen molar-refractivity contribution in [3.63, 3.8) is 0 Å². The molecule has 0 nitrogen and oxygen atoms in total. The van der Waals surface area contributed by atoms with Crippen LogP contribution in [-0.4, -0.2) is 3.92 Å². The van der Waals surface area contributed by atoms with E-state index in [-0.39, 0.29) is 0 Å². The second kappa shape index (κ2) is 6.95. The minimum atomic E-state index is 0.877. The zero-order chi connectivity index (χ0) is 13.1. The Morgan fingerprint density at radius 3 is 2.17 bits per heavy atom. The molecule has 2 saturated carbocycles. The molecule has 0 amide bonds. The Kier molecular flexibility index (Phi) is 5.84. The molecule has 0 aromatic carbocycles. The molecule has 0 radical (unpaired) electrons. The molecule has 0 aliphatic heterocycles. The Balaban J connectivity index is 1.88. The zero-order valence-corrected chi connectivity index (χ0v) is 14.7. The van der Waals surface area contributed by atoms with E-state index in [0.29, 0.717) is 0 Å². The Labute approximate surface area is 128 Å². The van der Waals surface area contributed by atoms with Crippen LogP contribution in [0.5, 0.6) is 0 Å². The summed E-state index contributed by atoms with van der Waals surface area (Å²) in [5.74, 6) is 5.11. The second-order valence-electron chi connectivity index (χ2n) is 7.38. The van der Waals surface area contributed by atoms with Crippen LogP contribution < -0.4 is 0 Å². The van der Waals surface area contributed by atoms with Gasteiger partial charge >= 0.3 is 0 Å². The first-order valence-corrected chi connectivity index (χ1v) is 9.45. The minimum Gasteiger partial charge on any atom is -0.0826 e. The van der Waals surface area contributed by atoms with E-state index in [1.54, 1.807) is 6.42 Å². The van der Waals surface area contributed by atoms with Crippen LogP contribution in [0.15, 0.2) is 0 Å². The van der Waals surface area contributed by atoms with Gasteiger partial charge in [0.2, 0.25) is 0 Å². The van der Waals surface area contributed by atoms with Gasteiger partial charge in [-0.25, -0.2) is 0 Å². The van der Waals surface area contributed by atoms with E-state index in [4.69, 9.17) is 0 Å². The highest BCUT2D eigenvalue weighted by molar-refractivity contribution is 14.1. The van der Waals surface area contributed by atoms with E-state index in [1.807, 2.05) is 0 Å². The van der Waals surface area contributed by atoms with Crippen molar-refractivity contribution in [1.82, 2.24) is 0 Å². The summed E-state index contributed by atoms with van der Waals surface area (Å²) in [6, 6.07) is 0. The first-order valence-electron chi connectivity index (χ1n) is 8.20. The molecular formula is C17H31I. The molecule has 4 unspecified atom stereocenters. The summed E-state index contributed by atoms with van der Waals surface area (Å²) in [7, 11) is 0. The van der Waals surface area contributed by atoms with Gasteiger partial charge in [0.1, 0.15) is 0 Å². The SMILES string of the molecule is CC1CCC(CC2CC(C)CCC2C(C)I)CC1. The maximum atomic E-state index is 2.68. The third-order valence-electron chi connectivity index (χ3n) is 5.66. The Morgan fingerprint density at radius 1 is 0.944 bits per heavy atom. The van der Waals surface area contributed by atoms with Crippen molar-refractivity contribution in [3.05, 3.63) is 0 Å². The molecule has 0 spiro atoms. The number of rotatable bonds is 3. The van der Waals surface area contributed by atoms with Crippen LogP contribution in [0, 0.1) is 29.6 Å². The van der Waals surface area contributed by atoms with Crippen molar-refractivity contribution in [2.24, 2.45) is 29.6 Å². The lowest BCUT2D eigenvalue weighted by atomic mass is 9.68. The molecule has 0 saturated heterocycles. The van der Waals surface area contributed by atoms with Crippen LogP contribution in [0.3, 0.4) is 0 Å². The number of halogens is 1. The van der Waals surface area contributed by atoms with Crippen molar-refractivity contribution in [3.8, 4) is 0 Å². The van der Waals surface area contributed by atoms with Crippen LogP contribution in [0.25, 0.3) is 0 Å². The fourth-order valence-corrected chi connectivity index (χ4v) is 5.34. The average molecular weight is 362 g/mol. The summed E-state index contributed by atoms with van der Waals surface area (Å²) in [6.45, 7) is 7.36. The lowest BCUT2D eigenvalue weighted by Crippen LogP contribution is -2.31. The average Bonchev–Trinajstić information content (AvgIpc) is 2.32. The van der Waals surface area contributed by atoms with Crippen LogP contribution in [-0.2, 0) is 0 Å². The molecular weight excluding hydrogens is 331 g/mol. The first-order chi connectivity index (χ1) is 8.56.